The first-order chi connectivity index (χ1) is 11.0. The molecule has 8 nitrogen and oxygen atoms in total. The minimum Gasteiger partial charge on any atom is -0.379 e. The van der Waals surface area contributed by atoms with Crippen LogP contribution in [0.1, 0.15) is 12.7 Å². The number of rotatable bonds is 4. The molecule has 2 aromatic heterocycles. The van der Waals surface area contributed by atoms with Crippen molar-refractivity contribution in [3.05, 3.63) is 38.8 Å². The van der Waals surface area contributed by atoms with E-state index in [1.165, 1.54) is 4.57 Å². The molecule has 0 bridgehead atoms. The molecule has 3 heterocycles. The number of aromatic nitrogens is 4. The summed E-state index contributed by atoms with van der Waals surface area (Å²) in [6.45, 7) is 9.98. The van der Waals surface area contributed by atoms with E-state index in [4.69, 9.17) is 4.74 Å². The summed E-state index contributed by atoms with van der Waals surface area (Å²) in [5.41, 5.74) is 0.868. The SMILES string of the molecule is C=C(C)Cn1c(CN2CCOCC2)nc2c1c(=O)[nH]c(=O)n2C. The van der Waals surface area contributed by atoms with E-state index in [9.17, 15) is 9.59 Å². The summed E-state index contributed by atoms with van der Waals surface area (Å²) in [5.74, 6) is 0.761. The molecule has 0 aromatic carbocycles. The Labute approximate surface area is 133 Å². The fourth-order valence-corrected chi connectivity index (χ4v) is 2.80. The lowest BCUT2D eigenvalue weighted by molar-refractivity contribution is 0.0327. The van der Waals surface area contributed by atoms with Gasteiger partial charge in [-0.25, -0.2) is 9.78 Å². The lowest BCUT2D eigenvalue weighted by atomic mass is 10.3. The van der Waals surface area contributed by atoms with E-state index in [0.717, 1.165) is 24.5 Å². The third-order valence-corrected chi connectivity index (χ3v) is 3.98. The fourth-order valence-electron chi connectivity index (χ4n) is 2.80. The predicted molar refractivity (Wildman–Crippen MR) is 86.5 cm³/mol. The zero-order valence-electron chi connectivity index (χ0n) is 13.5. The Balaban J connectivity index is 2.13. The Morgan fingerprint density at radius 3 is 2.70 bits per heavy atom. The third kappa shape index (κ3) is 2.99. The van der Waals surface area contributed by atoms with Gasteiger partial charge in [0, 0.05) is 26.7 Å². The highest BCUT2D eigenvalue weighted by Crippen LogP contribution is 2.15. The molecule has 1 saturated heterocycles. The van der Waals surface area contributed by atoms with E-state index in [1.807, 2.05) is 11.5 Å². The number of aromatic amines is 1. The number of morpholine rings is 1. The van der Waals surface area contributed by atoms with Gasteiger partial charge in [0.15, 0.2) is 11.2 Å². The van der Waals surface area contributed by atoms with Crippen LogP contribution in [0.15, 0.2) is 21.7 Å². The normalized spacial score (nSPS) is 16.1. The summed E-state index contributed by atoms with van der Waals surface area (Å²) in [5, 5.41) is 0. The first kappa shape index (κ1) is 15.7. The van der Waals surface area contributed by atoms with Gasteiger partial charge in [-0.15, -0.1) is 0 Å². The monoisotopic (exact) mass is 319 g/mol. The molecular weight excluding hydrogens is 298 g/mol. The van der Waals surface area contributed by atoms with Crippen molar-refractivity contribution in [2.24, 2.45) is 7.05 Å². The van der Waals surface area contributed by atoms with Crippen LogP contribution in [-0.4, -0.2) is 50.3 Å². The molecule has 1 fully saturated rings. The summed E-state index contributed by atoms with van der Waals surface area (Å²) in [6, 6.07) is 0. The minimum absolute atomic E-state index is 0.406. The van der Waals surface area contributed by atoms with Crippen LogP contribution in [0.4, 0.5) is 0 Å². The molecule has 0 aliphatic carbocycles. The van der Waals surface area contributed by atoms with E-state index in [-0.39, 0.29) is 0 Å². The van der Waals surface area contributed by atoms with Gasteiger partial charge in [-0.2, -0.15) is 0 Å². The van der Waals surface area contributed by atoms with Gasteiger partial charge in [0.1, 0.15) is 5.82 Å². The molecule has 23 heavy (non-hydrogen) atoms. The zero-order chi connectivity index (χ0) is 16.6. The van der Waals surface area contributed by atoms with Gasteiger partial charge < -0.3 is 9.30 Å². The molecule has 0 amide bonds. The smallest absolute Gasteiger partial charge is 0.329 e. The number of nitrogens with one attached hydrogen (secondary N) is 1. The van der Waals surface area contributed by atoms with Crippen LogP contribution < -0.4 is 11.2 Å². The quantitative estimate of drug-likeness (QED) is 0.791. The highest BCUT2D eigenvalue weighted by Gasteiger charge is 2.20. The van der Waals surface area contributed by atoms with Crippen molar-refractivity contribution in [2.75, 3.05) is 26.3 Å². The average molecular weight is 319 g/mol. The average Bonchev–Trinajstić information content (AvgIpc) is 2.84. The number of H-pyrrole nitrogens is 1. The first-order valence-corrected chi connectivity index (χ1v) is 7.60. The highest BCUT2D eigenvalue weighted by molar-refractivity contribution is 5.71. The van der Waals surface area contributed by atoms with Crippen molar-refractivity contribution < 1.29 is 4.74 Å². The predicted octanol–water partition coefficient (Wildman–Crippen LogP) is -0.168. The molecule has 1 N–H and O–H groups in total. The van der Waals surface area contributed by atoms with Gasteiger partial charge in [0.2, 0.25) is 0 Å². The Bertz CT molecular complexity index is 854. The number of aryl methyl sites for hydroxylation is 1. The molecule has 0 atom stereocenters. The number of hydrogen-bond acceptors (Lipinski definition) is 5. The van der Waals surface area contributed by atoms with Crippen molar-refractivity contribution >= 4 is 11.2 Å². The Hall–Kier alpha value is -2.19. The summed E-state index contributed by atoms with van der Waals surface area (Å²) < 4.78 is 8.58. The third-order valence-electron chi connectivity index (χ3n) is 3.98. The van der Waals surface area contributed by atoms with Crippen LogP contribution in [0.2, 0.25) is 0 Å². The molecule has 1 aliphatic heterocycles. The lowest BCUT2D eigenvalue weighted by Gasteiger charge is -2.26. The molecule has 124 valence electrons. The molecular formula is C15H21N5O3. The second kappa shape index (κ2) is 6.13. The van der Waals surface area contributed by atoms with Crippen molar-refractivity contribution in [1.82, 2.24) is 24.0 Å². The minimum atomic E-state index is -0.458. The van der Waals surface area contributed by atoms with Crippen LogP contribution in [0.3, 0.4) is 0 Å². The first-order valence-electron chi connectivity index (χ1n) is 7.60. The molecule has 1 aliphatic rings. The lowest BCUT2D eigenvalue weighted by Crippen LogP contribution is -2.36. The Morgan fingerprint density at radius 1 is 1.35 bits per heavy atom. The van der Waals surface area contributed by atoms with E-state index in [2.05, 4.69) is 21.4 Å². The molecule has 2 aromatic rings. The number of ether oxygens (including phenoxy) is 1. The van der Waals surface area contributed by atoms with Crippen LogP contribution in [-0.2, 0) is 24.9 Å². The van der Waals surface area contributed by atoms with E-state index >= 15 is 0 Å². The largest absolute Gasteiger partial charge is 0.379 e. The topological polar surface area (TPSA) is 85.2 Å². The van der Waals surface area contributed by atoms with Gasteiger partial charge in [-0.05, 0) is 6.92 Å². The maximum Gasteiger partial charge on any atom is 0.329 e. The van der Waals surface area contributed by atoms with Gasteiger partial charge in [0.05, 0.1) is 19.8 Å². The number of fused-ring (bicyclic) bond motifs is 1. The number of nitrogens with zero attached hydrogens (tertiary/aromatic N) is 4. The van der Waals surface area contributed by atoms with E-state index in [0.29, 0.717) is 37.5 Å². The summed E-state index contributed by atoms with van der Waals surface area (Å²) in [6.07, 6.45) is 0. The van der Waals surface area contributed by atoms with Crippen LogP contribution in [0.25, 0.3) is 11.2 Å². The van der Waals surface area contributed by atoms with E-state index < -0.39 is 11.2 Å². The van der Waals surface area contributed by atoms with Crippen molar-refractivity contribution in [1.29, 1.82) is 0 Å². The maximum absolute atomic E-state index is 12.3. The zero-order valence-corrected chi connectivity index (χ0v) is 13.5. The maximum atomic E-state index is 12.3. The summed E-state index contributed by atoms with van der Waals surface area (Å²) in [7, 11) is 1.61. The standard InChI is InChI=1S/C15H21N5O3/c1-10(2)8-20-11(9-19-4-6-23-7-5-19)16-13-12(20)14(21)17-15(22)18(13)3/h1,4-9H2,2-3H3,(H,17,21,22). The van der Waals surface area contributed by atoms with Crippen LogP contribution in [0.5, 0.6) is 0 Å². The fraction of sp³-hybridized carbons (Fsp3) is 0.533. The Morgan fingerprint density at radius 2 is 2.04 bits per heavy atom. The molecule has 8 heteroatoms. The number of hydrogen-bond donors (Lipinski definition) is 1. The van der Waals surface area contributed by atoms with Crippen molar-refractivity contribution in [2.45, 2.75) is 20.0 Å². The molecule has 3 rings (SSSR count). The van der Waals surface area contributed by atoms with Crippen LogP contribution >= 0.6 is 0 Å². The molecule has 0 spiro atoms. The summed E-state index contributed by atoms with van der Waals surface area (Å²) in [4.78, 5) is 33.2. The van der Waals surface area contributed by atoms with Gasteiger partial charge in [-0.3, -0.25) is 19.2 Å². The van der Waals surface area contributed by atoms with Crippen molar-refractivity contribution in [3.63, 3.8) is 0 Å². The second-order valence-corrected chi connectivity index (χ2v) is 5.95. The van der Waals surface area contributed by atoms with Crippen LogP contribution in [0, 0.1) is 0 Å². The van der Waals surface area contributed by atoms with E-state index in [1.54, 1.807) is 7.05 Å². The van der Waals surface area contributed by atoms with Gasteiger partial charge >= 0.3 is 5.69 Å². The Kier molecular flexibility index (Phi) is 4.18. The van der Waals surface area contributed by atoms with Gasteiger partial charge in [0.25, 0.3) is 5.56 Å². The van der Waals surface area contributed by atoms with Gasteiger partial charge in [-0.1, -0.05) is 12.2 Å². The molecule has 0 radical (unpaired) electrons. The number of imidazole rings is 1. The highest BCUT2D eigenvalue weighted by atomic mass is 16.5. The second-order valence-electron chi connectivity index (χ2n) is 5.95. The number of allylic oxidation sites excluding steroid dienone is 1. The molecule has 0 saturated carbocycles. The molecule has 0 unspecified atom stereocenters. The summed E-state index contributed by atoms with van der Waals surface area (Å²) >= 11 is 0. The van der Waals surface area contributed by atoms with Crippen molar-refractivity contribution in [3.8, 4) is 0 Å².